The molecule has 0 amide bonds. The van der Waals surface area contributed by atoms with Crippen LogP contribution in [0, 0.1) is 12.3 Å². The average molecular weight is 198 g/mol. The van der Waals surface area contributed by atoms with Gasteiger partial charge in [-0.2, -0.15) is 0 Å². The van der Waals surface area contributed by atoms with E-state index >= 15 is 0 Å². The zero-order valence-electron chi connectivity index (χ0n) is 5.50. The molecule has 0 atom stereocenters. The first-order chi connectivity index (χ1) is 4.74. The van der Waals surface area contributed by atoms with Crippen LogP contribution in [0.1, 0.15) is 5.56 Å². The molecule has 1 aromatic carbocycles. The molecule has 0 radical (unpaired) electrons. The number of halogens is 1. The SMILES string of the molecule is Cc1ccc([N+]#N)cc1Br. The van der Waals surface area contributed by atoms with Gasteiger partial charge in [0.2, 0.25) is 5.39 Å². The normalized spacial score (nSPS) is 8.90. The molecule has 10 heavy (non-hydrogen) atoms. The Hall–Kier alpha value is -0.880. The molecule has 0 spiro atoms. The summed E-state index contributed by atoms with van der Waals surface area (Å²) in [6, 6.07) is 5.40. The maximum atomic E-state index is 8.36. The number of diazo groups is 1. The van der Waals surface area contributed by atoms with Gasteiger partial charge in [-0.25, -0.2) is 0 Å². The van der Waals surface area contributed by atoms with Gasteiger partial charge < -0.3 is 0 Å². The van der Waals surface area contributed by atoms with Crippen LogP contribution in [0.15, 0.2) is 22.7 Å². The van der Waals surface area contributed by atoms with Crippen LogP contribution in [-0.4, -0.2) is 0 Å². The van der Waals surface area contributed by atoms with Crippen molar-refractivity contribution in [1.29, 1.82) is 5.39 Å². The van der Waals surface area contributed by atoms with Crippen molar-refractivity contribution in [3.8, 4) is 0 Å². The van der Waals surface area contributed by atoms with Gasteiger partial charge in [-0.05, 0) is 12.5 Å². The zero-order valence-corrected chi connectivity index (χ0v) is 7.09. The number of nitrogens with zero attached hydrogens (tertiary/aromatic N) is 2. The molecule has 0 heterocycles. The number of hydrogen-bond donors (Lipinski definition) is 0. The Morgan fingerprint density at radius 1 is 1.50 bits per heavy atom. The maximum Gasteiger partial charge on any atom is 0.386 e. The van der Waals surface area contributed by atoms with E-state index in [1.165, 1.54) is 0 Å². The lowest BCUT2D eigenvalue weighted by molar-refractivity contribution is 1.41. The summed E-state index contributed by atoms with van der Waals surface area (Å²) in [7, 11) is 0. The van der Waals surface area contributed by atoms with E-state index in [0.717, 1.165) is 10.0 Å². The van der Waals surface area contributed by atoms with Crippen molar-refractivity contribution in [3.05, 3.63) is 33.2 Å². The lowest BCUT2D eigenvalue weighted by Crippen LogP contribution is -1.71. The molecule has 1 aromatic rings. The summed E-state index contributed by atoms with van der Waals surface area (Å²) in [6.45, 7) is 1.98. The van der Waals surface area contributed by atoms with E-state index in [9.17, 15) is 0 Å². The monoisotopic (exact) mass is 197 g/mol. The molecule has 0 fully saturated rings. The molecular formula is C7H6BrN2+. The molecule has 0 aliphatic rings. The van der Waals surface area contributed by atoms with Crippen LogP contribution in [0.4, 0.5) is 5.69 Å². The summed E-state index contributed by atoms with van der Waals surface area (Å²) >= 11 is 3.32. The van der Waals surface area contributed by atoms with Crippen LogP contribution >= 0.6 is 15.9 Å². The van der Waals surface area contributed by atoms with Crippen molar-refractivity contribution >= 4 is 21.6 Å². The fraction of sp³-hybridized carbons (Fsp3) is 0.143. The first-order valence-corrected chi connectivity index (χ1v) is 3.64. The third kappa shape index (κ3) is 1.34. The highest BCUT2D eigenvalue weighted by Crippen LogP contribution is 2.22. The Bertz CT molecular complexity index is 288. The van der Waals surface area contributed by atoms with Crippen molar-refractivity contribution < 1.29 is 0 Å². The van der Waals surface area contributed by atoms with E-state index in [1.807, 2.05) is 13.0 Å². The fourth-order valence-electron chi connectivity index (χ4n) is 0.644. The van der Waals surface area contributed by atoms with Gasteiger partial charge in [0.25, 0.3) is 0 Å². The van der Waals surface area contributed by atoms with Crippen molar-refractivity contribution in [2.24, 2.45) is 0 Å². The summed E-state index contributed by atoms with van der Waals surface area (Å²) in [4.78, 5) is 3.04. The molecule has 0 saturated carbocycles. The van der Waals surface area contributed by atoms with Crippen molar-refractivity contribution in [2.45, 2.75) is 6.92 Å². The molecule has 50 valence electrons. The molecule has 1 rings (SSSR count). The van der Waals surface area contributed by atoms with E-state index in [1.54, 1.807) is 12.1 Å². The van der Waals surface area contributed by atoms with Gasteiger partial charge in [0.05, 0.1) is 0 Å². The molecule has 2 nitrogen and oxygen atoms in total. The van der Waals surface area contributed by atoms with Gasteiger partial charge >= 0.3 is 5.69 Å². The smallest absolute Gasteiger partial charge is 0.0502 e. The van der Waals surface area contributed by atoms with Gasteiger partial charge in [0.1, 0.15) is 0 Å². The van der Waals surface area contributed by atoms with Gasteiger partial charge in [-0.1, -0.05) is 22.0 Å². The summed E-state index contributed by atoms with van der Waals surface area (Å²) in [5.74, 6) is 0. The first kappa shape index (κ1) is 7.23. The molecule has 0 aliphatic carbocycles. The minimum Gasteiger partial charge on any atom is -0.0502 e. The number of aryl methyl sites for hydroxylation is 1. The van der Waals surface area contributed by atoms with Crippen LogP contribution in [0.3, 0.4) is 0 Å². The second-order valence-corrected chi connectivity index (χ2v) is 2.89. The molecule has 0 saturated heterocycles. The van der Waals surface area contributed by atoms with Crippen LogP contribution in [0.2, 0.25) is 0 Å². The average Bonchev–Trinajstić information content (AvgIpc) is 1.95. The molecule has 0 aromatic heterocycles. The lowest BCUT2D eigenvalue weighted by Gasteiger charge is -1.90. The molecule has 0 bridgehead atoms. The lowest BCUT2D eigenvalue weighted by atomic mass is 10.2. The van der Waals surface area contributed by atoms with E-state index in [2.05, 4.69) is 20.9 Å². The Morgan fingerprint density at radius 2 is 2.20 bits per heavy atom. The Labute approximate surface area is 67.6 Å². The van der Waals surface area contributed by atoms with Gasteiger partial charge in [0, 0.05) is 16.6 Å². The number of hydrogen-bond acceptors (Lipinski definition) is 1. The zero-order chi connectivity index (χ0) is 7.56. The molecule has 0 N–H and O–H groups in total. The van der Waals surface area contributed by atoms with E-state index < -0.39 is 0 Å². The van der Waals surface area contributed by atoms with Crippen LogP contribution in [-0.2, 0) is 0 Å². The van der Waals surface area contributed by atoms with E-state index in [4.69, 9.17) is 5.39 Å². The third-order valence-electron chi connectivity index (χ3n) is 1.27. The quantitative estimate of drug-likeness (QED) is 0.588. The highest BCUT2D eigenvalue weighted by atomic mass is 79.9. The van der Waals surface area contributed by atoms with E-state index in [0.29, 0.717) is 5.69 Å². The highest BCUT2D eigenvalue weighted by Gasteiger charge is 2.04. The molecule has 0 unspecified atom stereocenters. The number of benzene rings is 1. The van der Waals surface area contributed by atoms with Crippen LogP contribution < -0.4 is 0 Å². The summed E-state index contributed by atoms with van der Waals surface area (Å²) in [5.41, 5.74) is 1.70. The maximum absolute atomic E-state index is 8.36. The second kappa shape index (κ2) is 2.80. The molecule has 3 heteroatoms. The Morgan fingerprint density at radius 3 is 2.70 bits per heavy atom. The van der Waals surface area contributed by atoms with Gasteiger partial charge in [-0.3, -0.25) is 0 Å². The third-order valence-corrected chi connectivity index (χ3v) is 2.13. The second-order valence-electron chi connectivity index (χ2n) is 2.03. The fourth-order valence-corrected chi connectivity index (χ4v) is 1.01. The topological polar surface area (TPSA) is 28.1 Å². The van der Waals surface area contributed by atoms with Gasteiger partial charge in [0.15, 0.2) is 4.98 Å². The summed E-state index contributed by atoms with van der Waals surface area (Å²) in [5, 5.41) is 8.36. The van der Waals surface area contributed by atoms with E-state index in [-0.39, 0.29) is 0 Å². The minimum atomic E-state index is 0.567. The van der Waals surface area contributed by atoms with Crippen LogP contribution in [0.5, 0.6) is 0 Å². The predicted octanol–water partition coefficient (Wildman–Crippen LogP) is 3.24. The largest absolute Gasteiger partial charge is 0.386 e. The highest BCUT2D eigenvalue weighted by molar-refractivity contribution is 9.10. The molecular weight excluding hydrogens is 192 g/mol. The first-order valence-electron chi connectivity index (χ1n) is 2.85. The Kier molecular flexibility index (Phi) is 2.03. The van der Waals surface area contributed by atoms with Crippen LogP contribution in [0.25, 0.3) is 4.98 Å². The minimum absolute atomic E-state index is 0.567. The molecule has 0 aliphatic heterocycles. The van der Waals surface area contributed by atoms with Gasteiger partial charge in [-0.15, -0.1) is 0 Å². The summed E-state index contributed by atoms with van der Waals surface area (Å²) < 4.78 is 0.961. The predicted molar refractivity (Wildman–Crippen MR) is 43.6 cm³/mol. The van der Waals surface area contributed by atoms with Crippen molar-refractivity contribution in [3.63, 3.8) is 0 Å². The van der Waals surface area contributed by atoms with Crippen molar-refractivity contribution in [2.75, 3.05) is 0 Å². The standard InChI is InChI=1S/C7H6BrN2/c1-5-2-3-6(10-9)4-7(5)8/h2-4H,1H3/q+1. The summed E-state index contributed by atoms with van der Waals surface area (Å²) in [6.07, 6.45) is 0. The van der Waals surface area contributed by atoms with Crippen molar-refractivity contribution in [1.82, 2.24) is 0 Å². The number of rotatable bonds is 0. The Balaban J connectivity index is 3.20.